The number of nitrogens with zero attached hydrogens (tertiary/aromatic N) is 1. The molecule has 2 rings (SSSR count). The van der Waals surface area contributed by atoms with Gasteiger partial charge >= 0.3 is 5.97 Å². The predicted octanol–water partition coefficient (Wildman–Crippen LogP) is 0.893. The van der Waals surface area contributed by atoms with Gasteiger partial charge in [0.05, 0.1) is 0 Å². The van der Waals surface area contributed by atoms with Gasteiger partial charge in [0.15, 0.2) is 0 Å². The fourth-order valence-corrected chi connectivity index (χ4v) is 2.03. The topological polar surface area (TPSA) is 105 Å². The second-order valence-electron chi connectivity index (χ2n) is 4.85. The molecule has 0 aliphatic carbocycles. The van der Waals surface area contributed by atoms with Crippen molar-refractivity contribution in [1.29, 1.82) is 0 Å². The molecule has 0 fully saturated rings. The van der Waals surface area contributed by atoms with Gasteiger partial charge in [0.2, 0.25) is 5.91 Å². The van der Waals surface area contributed by atoms with Crippen LogP contribution in [0.2, 0.25) is 0 Å². The lowest BCUT2D eigenvalue weighted by Gasteiger charge is -2.18. The van der Waals surface area contributed by atoms with Crippen molar-refractivity contribution in [1.82, 2.24) is 10.3 Å². The number of pyridine rings is 1. The lowest BCUT2D eigenvalue weighted by molar-refractivity contribution is -0.142. The molecule has 0 spiro atoms. The Bertz CT molecular complexity index is 632. The Morgan fingerprint density at radius 3 is 2.50 bits per heavy atom. The average Bonchev–Trinajstić information content (AvgIpc) is 2.55. The van der Waals surface area contributed by atoms with E-state index in [2.05, 4.69) is 10.3 Å². The lowest BCUT2D eigenvalue weighted by Crippen LogP contribution is -2.46. The molecule has 6 nitrogen and oxygen atoms in total. The minimum absolute atomic E-state index is 0.149. The van der Waals surface area contributed by atoms with Gasteiger partial charge in [-0.1, -0.05) is 36.4 Å². The predicted molar refractivity (Wildman–Crippen MR) is 80.9 cm³/mol. The number of amides is 1. The molecule has 2 aromatic rings. The number of aliphatic carboxylic acids is 1. The summed E-state index contributed by atoms with van der Waals surface area (Å²) in [6.07, 6.45) is 3.32. The standard InChI is InChI=1S/C16H17N3O3/c17-14(12-6-2-1-3-7-12)15(20)19-13(16(21)22)9-11-5-4-8-18-10-11/h1-8,10,13-14H,9,17H2,(H,19,20)(H,21,22)/t13-,14-/m0/s1. The normalized spacial score (nSPS) is 13.1. The summed E-state index contributed by atoms with van der Waals surface area (Å²) in [4.78, 5) is 27.4. The lowest BCUT2D eigenvalue weighted by atomic mass is 10.0. The van der Waals surface area contributed by atoms with Gasteiger partial charge in [-0.2, -0.15) is 0 Å². The number of carboxylic acids is 1. The Morgan fingerprint density at radius 2 is 1.91 bits per heavy atom. The van der Waals surface area contributed by atoms with E-state index in [9.17, 15) is 14.7 Å². The second-order valence-corrected chi connectivity index (χ2v) is 4.85. The highest BCUT2D eigenvalue weighted by atomic mass is 16.4. The number of carboxylic acid groups (broad SMARTS) is 1. The fraction of sp³-hybridized carbons (Fsp3) is 0.188. The molecule has 2 atom stereocenters. The van der Waals surface area contributed by atoms with E-state index in [4.69, 9.17) is 5.73 Å². The van der Waals surface area contributed by atoms with Crippen molar-refractivity contribution in [2.24, 2.45) is 5.73 Å². The minimum atomic E-state index is -1.11. The summed E-state index contributed by atoms with van der Waals surface area (Å²) in [6.45, 7) is 0. The zero-order chi connectivity index (χ0) is 15.9. The summed E-state index contributed by atoms with van der Waals surface area (Å²) < 4.78 is 0. The van der Waals surface area contributed by atoms with Crippen molar-refractivity contribution < 1.29 is 14.7 Å². The molecular weight excluding hydrogens is 282 g/mol. The maximum absolute atomic E-state index is 12.1. The summed E-state index contributed by atoms with van der Waals surface area (Å²) in [5.74, 6) is -1.64. The van der Waals surface area contributed by atoms with Gasteiger partial charge in [-0.25, -0.2) is 4.79 Å². The van der Waals surface area contributed by atoms with Crippen molar-refractivity contribution in [3.63, 3.8) is 0 Å². The van der Waals surface area contributed by atoms with Crippen molar-refractivity contribution in [3.8, 4) is 0 Å². The summed E-state index contributed by atoms with van der Waals surface area (Å²) in [6, 6.07) is 10.3. The SMILES string of the molecule is N[C@H](C(=O)N[C@@H](Cc1cccnc1)C(=O)O)c1ccccc1. The third-order valence-electron chi connectivity index (χ3n) is 3.22. The third-order valence-corrected chi connectivity index (χ3v) is 3.22. The van der Waals surface area contributed by atoms with Crippen LogP contribution in [-0.2, 0) is 16.0 Å². The van der Waals surface area contributed by atoms with Crippen LogP contribution in [0.15, 0.2) is 54.9 Å². The van der Waals surface area contributed by atoms with Gasteiger partial charge in [0.25, 0.3) is 0 Å². The van der Waals surface area contributed by atoms with E-state index >= 15 is 0 Å². The zero-order valence-corrected chi connectivity index (χ0v) is 11.8. The maximum Gasteiger partial charge on any atom is 0.326 e. The monoisotopic (exact) mass is 299 g/mol. The van der Waals surface area contributed by atoms with Crippen molar-refractivity contribution >= 4 is 11.9 Å². The molecule has 1 aromatic heterocycles. The van der Waals surface area contributed by atoms with Crippen LogP contribution in [0.3, 0.4) is 0 Å². The van der Waals surface area contributed by atoms with Crippen LogP contribution in [0.25, 0.3) is 0 Å². The van der Waals surface area contributed by atoms with Crippen LogP contribution in [0.1, 0.15) is 17.2 Å². The van der Waals surface area contributed by atoms with Crippen LogP contribution >= 0.6 is 0 Å². The largest absolute Gasteiger partial charge is 0.480 e. The van der Waals surface area contributed by atoms with Gasteiger partial charge in [-0.05, 0) is 17.2 Å². The van der Waals surface area contributed by atoms with Gasteiger partial charge in [-0.3, -0.25) is 9.78 Å². The van der Waals surface area contributed by atoms with E-state index in [0.717, 1.165) is 5.56 Å². The van der Waals surface area contributed by atoms with Gasteiger partial charge < -0.3 is 16.2 Å². The highest BCUT2D eigenvalue weighted by molar-refractivity contribution is 5.87. The van der Waals surface area contributed by atoms with E-state index < -0.39 is 24.0 Å². The van der Waals surface area contributed by atoms with Crippen LogP contribution in [0, 0.1) is 0 Å². The Morgan fingerprint density at radius 1 is 1.18 bits per heavy atom. The third kappa shape index (κ3) is 4.13. The van der Waals surface area contributed by atoms with Crippen LogP contribution in [-0.4, -0.2) is 28.0 Å². The number of carbonyl (C=O) groups is 2. The van der Waals surface area contributed by atoms with Gasteiger partial charge in [0.1, 0.15) is 12.1 Å². The zero-order valence-electron chi connectivity index (χ0n) is 11.8. The van der Waals surface area contributed by atoms with Gasteiger partial charge in [-0.15, -0.1) is 0 Å². The molecular formula is C16H17N3O3. The molecule has 0 bridgehead atoms. The number of nitrogens with one attached hydrogen (secondary N) is 1. The summed E-state index contributed by atoms with van der Waals surface area (Å²) in [7, 11) is 0. The number of nitrogens with two attached hydrogens (primary N) is 1. The molecule has 0 aliphatic rings. The van der Waals surface area contributed by atoms with E-state index in [1.807, 2.05) is 6.07 Å². The Hall–Kier alpha value is -2.73. The Labute approximate surface area is 128 Å². The fourth-order valence-electron chi connectivity index (χ4n) is 2.03. The molecule has 114 valence electrons. The van der Waals surface area contributed by atoms with Crippen molar-refractivity contribution in [3.05, 3.63) is 66.0 Å². The quantitative estimate of drug-likeness (QED) is 0.734. The molecule has 0 saturated heterocycles. The smallest absolute Gasteiger partial charge is 0.326 e. The Kier molecular flexibility index (Phi) is 5.21. The molecule has 1 amide bonds. The molecule has 22 heavy (non-hydrogen) atoms. The van der Waals surface area contributed by atoms with E-state index in [-0.39, 0.29) is 6.42 Å². The number of rotatable bonds is 6. The first-order valence-corrected chi connectivity index (χ1v) is 6.80. The number of hydrogen-bond acceptors (Lipinski definition) is 4. The maximum atomic E-state index is 12.1. The van der Waals surface area contributed by atoms with Crippen LogP contribution < -0.4 is 11.1 Å². The van der Waals surface area contributed by atoms with Gasteiger partial charge in [0, 0.05) is 18.8 Å². The molecule has 1 heterocycles. The summed E-state index contributed by atoms with van der Waals surface area (Å²) in [5.41, 5.74) is 7.22. The molecule has 0 saturated carbocycles. The van der Waals surface area contributed by atoms with Crippen LogP contribution in [0.5, 0.6) is 0 Å². The molecule has 1 aromatic carbocycles. The number of aromatic nitrogens is 1. The first-order valence-electron chi connectivity index (χ1n) is 6.80. The molecule has 0 radical (unpaired) electrons. The number of hydrogen-bond donors (Lipinski definition) is 3. The molecule has 0 unspecified atom stereocenters. The number of carbonyl (C=O) groups excluding carboxylic acids is 1. The summed E-state index contributed by atoms with van der Waals surface area (Å²) in [5, 5.41) is 11.7. The summed E-state index contributed by atoms with van der Waals surface area (Å²) >= 11 is 0. The molecule has 0 aliphatic heterocycles. The highest BCUT2D eigenvalue weighted by Crippen LogP contribution is 2.10. The van der Waals surface area contributed by atoms with Crippen molar-refractivity contribution in [2.45, 2.75) is 18.5 Å². The molecule has 4 N–H and O–H groups in total. The minimum Gasteiger partial charge on any atom is -0.480 e. The highest BCUT2D eigenvalue weighted by Gasteiger charge is 2.24. The first-order chi connectivity index (χ1) is 10.6. The van der Waals surface area contributed by atoms with Crippen LogP contribution in [0.4, 0.5) is 0 Å². The van der Waals surface area contributed by atoms with Crippen molar-refractivity contribution in [2.75, 3.05) is 0 Å². The van der Waals surface area contributed by atoms with E-state index in [1.165, 1.54) is 0 Å². The average molecular weight is 299 g/mol. The first kappa shape index (κ1) is 15.7. The van der Waals surface area contributed by atoms with E-state index in [1.54, 1.807) is 48.8 Å². The second kappa shape index (κ2) is 7.33. The number of benzene rings is 1. The van der Waals surface area contributed by atoms with E-state index in [0.29, 0.717) is 5.56 Å². The molecule has 6 heteroatoms. The Balaban J connectivity index is 2.04.